The van der Waals surface area contributed by atoms with Crippen LogP contribution in [-0.4, -0.2) is 33.7 Å². The monoisotopic (exact) mass is 477 g/mol. The Kier molecular flexibility index (Phi) is 5.51. The molecule has 0 radical (unpaired) electrons. The number of pyridine rings is 1. The molecule has 0 unspecified atom stereocenters. The minimum absolute atomic E-state index is 0.0946. The van der Waals surface area contributed by atoms with Crippen molar-refractivity contribution in [2.24, 2.45) is 13.0 Å². The van der Waals surface area contributed by atoms with Crippen molar-refractivity contribution in [1.29, 1.82) is 0 Å². The first-order valence-electron chi connectivity index (χ1n) is 11.4. The molecule has 1 aliphatic heterocycles. The van der Waals surface area contributed by atoms with Gasteiger partial charge in [0.15, 0.2) is 9.84 Å². The van der Waals surface area contributed by atoms with Gasteiger partial charge in [0.1, 0.15) is 17.8 Å². The molecule has 1 aliphatic rings. The van der Waals surface area contributed by atoms with Crippen molar-refractivity contribution in [3.8, 4) is 11.3 Å². The van der Waals surface area contributed by atoms with E-state index in [0.717, 1.165) is 34.2 Å². The zero-order chi connectivity index (χ0) is 24.0. The highest BCUT2D eigenvalue weighted by Crippen LogP contribution is 2.34. The molecule has 4 aromatic rings. The summed E-state index contributed by atoms with van der Waals surface area (Å²) in [5, 5.41) is 4.33. The molecular formula is C25H27N5O3S. The second-order valence-corrected chi connectivity index (χ2v) is 11.3. The van der Waals surface area contributed by atoms with Crippen LogP contribution in [0.5, 0.6) is 0 Å². The highest BCUT2D eigenvalue weighted by molar-refractivity contribution is 7.91. The van der Waals surface area contributed by atoms with E-state index >= 15 is 0 Å². The predicted molar refractivity (Wildman–Crippen MR) is 133 cm³/mol. The third-order valence-corrected chi connectivity index (χ3v) is 8.32. The van der Waals surface area contributed by atoms with Crippen molar-refractivity contribution in [2.45, 2.75) is 37.6 Å². The Morgan fingerprint density at radius 3 is 2.71 bits per heavy atom. The van der Waals surface area contributed by atoms with Gasteiger partial charge in [-0.3, -0.25) is 4.79 Å². The Balaban J connectivity index is 1.54. The van der Waals surface area contributed by atoms with Crippen LogP contribution in [0.3, 0.4) is 0 Å². The van der Waals surface area contributed by atoms with Crippen LogP contribution in [0.2, 0.25) is 0 Å². The molecule has 0 amide bonds. The number of benzene rings is 1. The molecule has 8 nitrogen and oxygen atoms in total. The smallest absolute Gasteiger partial charge is 0.250 e. The number of aromatic amines is 1. The van der Waals surface area contributed by atoms with E-state index < -0.39 is 9.84 Å². The van der Waals surface area contributed by atoms with Gasteiger partial charge in [-0.05, 0) is 48.1 Å². The topological polar surface area (TPSA) is 110 Å². The largest absolute Gasteiger partial charge is 0.362 e. The van der Waals surface area contributed by atoms with Crippen LogP contribution < -0.4 is 10.9 Å². The summed E-state index contributed by atoms with van der Waals surface area (Å²) >= 11 is 0. The number of aromatic nitrogens is 4. The van der Waals surface area contributed by atoms with Crippen LogP contribution in [0.1, 0.15) is 37.4 Å². The van der Waals surface area contributed by atoms with Crippen molar-refractivity contribution < 1.29 is 8.42 Å². The lowest BCUT2D eigenvalue weighted by molar-refractivity contribution is 0.542. The van der Waals surface area contributed by atoms with E-state index in [0.29, 0.717) is 22.8 Å². The molecule has 176 valence electrons. The third kappa shape index (κ3) is 4.00. The number of nitrogens with zero attached hydrogens (tertiary/aromatic N) is 3. The lowest BCUT2D eigenvalue weighted by Crippen LogP contribution is -2.20. The maximum Gasteiger partial charge on any atom is 0.250 e. The second-order valence-electron chi connectivity index (χ2n) is 9.19. The quantitative estimate of drug-likeness (QED) is 0.452. The molecule has 1 aromatic carbocycles. The lowest BCUT2D eigenvalue weighted by Gasteiger charge is -2.26. The molecule has 1 atom stereocenters. The van der Waals surface area contributed by atoms with Crippen molar-refractivity contribution in [1.82, 2.24) is 19.5 Å². The fourth-order valence-electron chi connectivity index (χ4n) is 4.53. The molecule has 5 rings (SSSR count). The van der Waals surface area contributed by atoms with Gasteiger partial charge in [-0.2, -0.15) is 0 Å². The fraction of sp³-hybridized carbons (Fsp3) is 0.320. The van der Waals surface area contributed by atoms with E-state index in [2.05, 4.69) is 34.1 Å². The summed E-state index contributed by atoms with van der Waals surface area (Å²) in [6, 6.07) is 11.0. The first kappa shape index (κ1) is 22.3. The number of H-pyrrole nitrogens is 1. The van der Waals surface area contributed by atoms with E-state index in [-0.39, 0.29) is 23.3 Å². The maximum atomic E-state index is 12.7. The minimum Gasteiger partial charge on any atom is -0.362 e. The van der Waals surface area contributed by atoms with Crippen LogP contribution in [0, 0.1) is 5.92 Å². The van der Waals surface area contributed by atoms with E-state index in [1.165, 1.54) is 10.9 Å². The number of nitrogens with one attached hydrogen (secondary N) is 2. The molecule has 0 saturated carbocycles. The first-order chi connectivity index (χ1) is 16.2. The van der Waals surface area contributed by atoms with Crippen LogP contribution in [0.25, 0.3) is 22.3 Å². The van der Waals surface area contributed by atoms with Crippen LogP contribution in [-0.2, 0) is 23.3 Å². The molecule has 0 saturated heterocycles. The summed E-state index contributed by atoms with van der Waals surface area (Å²) in [7, 11) is -1.54. The molecule has 2 N–H and O–H groups in total. The summed E-state index contributed by atoms with van der Waals surface area (Å²) in [5.74, 6) is 1.02. The number of aryl methyl sites for hydroxylation is 2. The predicted octanol–water partition coefficient (Wildman–Crippen LogP) is 3.85. The van der Waals surface area contributed by atoms with Gasteiger partial charge in [0.25, 0.3) is 5.56 Å². The summed E-state index contributed by atoms with van der Waals surface area (Å²) < 4.78 is 26.8. The summed E-state index contributed by atoms with van der Waals surface area (Å²) in [4.78, 5) is 24.7. The molecule has 3 aromatic heterocycles. The Morgan fingerprint density at radius 2 is 1.94 bits per heavy atom. The van der Waals surface area contributed by atoms with Gasteiger partial charge < -0.3 is 14.9 Å². The van der Waals surface area contributed by atoms with Crippen LogP contribution >= 0.6 is 0 Å². The summed E-state index contributed by atoms with van der Waals surface area (Å²) in [6.07, 6.45) is 4.68. The number of hydrogen-bond acceptors (Lipinski definition) is 6. The van der Waals surface area contributed by atoms with Crippen molar-refractivity contribution in [3.63, 3.8) is 0 Å². The van der Waals surface area contributed by atoms with E-state index in [1.807, 2.05) is 30.3 Å². The minimum atomic E-state index is -3.25. The zero-order valence-electron chi connectivity index (χ0n) is 19.4. The number of fused-ring (bicyclic) bond motifs is 2. The van der Waals surface area contributed by atoms with Gasteiger partial charge in [-0.1, -0.05) is 26.0 Å². The van der Waals surface area contributed by atoms with E-state index in [1.54, 1.807) is 19.3 Å². The summed E-state index contributed by atoms with van der Waals surface area (Å²) in [6.45, 7) is 4.18. The third-order valence-electron chi connectivity index (χ3n) is 6.44. The van der Waals surface area contributed by atoms with Gasteiger partial charge >= 0.3 is 0 Å². The standard InChI is InChI=1S/C25H27N5O3S/c1-15(2)23(18-7-6-16-5-4-10-34(32,33)21(16)11-18)29-25-19-13-20(28-24(19)26-14-27-25)17-8-9-30(3)22(31)12-17/h6-9,11-15,23H,4-5,10H2,1-3H3,(H2,26,27,28,29)/t23-/m1/s1. The number of anilines is 1. The maximum absolute atomic E-state index is 12.7. The Hall–Kier alpha value is -3.46. The molecular weight excluding hydrogens is 450 g/mol. The highest BCUT2D eigenvalue weighted by atomic mass is 32.2. The first-order valence-corrected chi connectivity index (χ1v) is 13.0. The van der Waals surface area contributed by atoms with Gasteiger partial charge in [0.05, 0.1) is 22.1 Å². The summed E-state index contributed by atoms with van der Waals surface area (Å²) in [5.41, 5.74) is 3.91. The van der Waals surface area contributed by atoms with Crippen molar-refractivity contribution in [2.75, 3.05) is 11.1 Å². The normalized spacial score (nSPS) is 15.9. The zero-order valence-corrected chi connectivity index (χ0v) is 20.2. The number of rotatable bonds is 5. The van der Waals surface area contributed by atoms with Crippen LogP contribution in [0.15, 0.2) is 58.6 Å². The Labute approximate surface area is 198 Å². The second kappa shape index (κ2) is 8.39. The SMILES string of the molecule is CC(C)[C@@H](Nc1ncnc2[nH]c(-c3ccn(C)c(=O)c3)cc12)c1ccc2c(c1)S(=O)(=O)CCC2. The van der Waals surface area contributed by atoms with Crippen molar-refractivity contribution in [3.05, 3.63) is 70.4 Å². The van der Waals surface area contributed by atoms with Gasteiger partial charge in [0.2, 0.25) is 0 Å². The van der Waals surface area contributed by atoms with E-state index in [9.17, 15) is 13.2 Å². The highest BCUT2D eigenvalue weighted by Gasteiger charge is 2.26. The Bertz CT molecular complexity index is 1550. The van der Waals surface area contributed by atoms with Gasteiger partial charge in [0, 0.05) is 30.6 Å². The van der Waals surface area contributed by atoms with Crippen molar-refractivity contribution >= 4 is 26.7 Å². The molecule has 0 bridgehead atoms. The number of hydrogen-bond donors (Lipinski definition) is 2. The number of sulfone groups is 1. The fourth-order valence-corrected chi connectivity index (χ4v) is 6.16. The Morgan fingerprint density at radius 1 is 1.12 bits per heavy atom. The van der Waals surface area contributed by atoms with Gasteiger partial charge in [-0.15, -0.1) is 0 Å². The molecule has 4 heterocycles. The molecule has 0 spiro atoms. The van der Waals surface area contributed by atoms with Gasteiger partial charge in [-0.25, -0.2) is 18.4 Å². The molecule has 0 aliphatic carbocycles. The lowest BCUT2D eigenvalue weighted by atomic mass is 9.94. The van der Waals surface area contributed by atoms with Crippen LogP contribution in [0.4, 0.5) is 5.82 Å². The van der Waals surface area contributed by atoms with E-state index in [4.69, 9.17) is 0 Å². The molecule has 0 fully saturated rings. The average molecular weight is 478 g/mol. The molecule has 9 heteroatoms. The average Bonchev–Trinajstić information content (AvgIpc) is 3.24. The molecule has 34 heavy (non-hydrogen) atoms.